The molecule has 6 nitrogen and oxygen atoms in total. The molecule has 2 N–H and O–H groups in total. The van der Waals surface area contributed by atoms with Gasteiger partial charge < -0.3 is 19.9 Å². The van der Waals surface area contributed by atoms with Crippen molar-refractivity contribution in [3.05, 3.63) is 48.0 Å². The van der Waals surface area contributed by atoms with Gasteiger partial charge in [0.05, 0.1) is 20.3 Å². The zero-order valence-electron chi connectivity index (χ0n) is 11.7. The van der Waals surface area contributed by atoms with Crippen LogP contribution in [0.4, 0.5) is 0 Å². The van der Waals surface area contributed by atoms with Gasteiger partial charge in [0.25, 0.3) is 0 Å². The van der Waals surface area contributed by atoms with Gasteiger partial charge in [0.1, 0.15) is 6.10 Å². The van der Waals surface area contributed by atoms with Crippen LogP contribution in [0, 0.1) is 0 Å². The lowest BCUT2D eigenvalue weighted by Crippen LogP contribution is -2.59. The number of benzene rings is 1. The maximum atomic E-state index is 12.0. The van der Waals surface area contributed by atoms with E-state index < -0.39 is 23.5 Å². The number of amides is 1. The SMILES string of the molecule is C=C1C(=O)N[C@@](COCc2ccccc2)(C(=O)OC)[C@H]1O. The van der Waals surface area contributed by atoms with E-state index in [2.05, 4.69) is 16.6 Å². The van der Waals surface area contributed by atoms with Crippen molar-refractivity contribution in [1.82, 2.24) is 5.32 Å². The van der Waals surface area contributed by atoms with E-state index >= 15 is 0 Å². The summed E-state index contributed by atoms with van der Waals surface area (Å²) in [4.78, 5) is 23.6. The zero-order valence-corrected chi connectivity index (χ0v) is 11.7. The van der Waals surface area contributed by atoms with E-state index in [1.165, 1.54) is 7.11 Å². The van der Waals surface area contributed by atoms with E-state index in [4.69, 9.17) is 4.74 Å². The van der Waals surface area contributed by atoms with Crippen LogP contribution in [0.25, 0.3) is 0 Å². The van der Waals surface area contributed by atoms with Crippen LogP contribution < -0.4 is 5.32 Å². The summed E-state index contributed by atoms with van der Waals surface area (Å²) in [6.07, 6.45) is -1.38. The second-order valence-corrected chi connectivity index (χ2v) is 4.82. The molecule has 0 bridgehead atoms. The van der Waals surface area contributed by atoms with Gasteiger partial charge in [-0.3, -0.25) is 4.79 Å². The zero-order chi connectivity index (χ0) is 15.5. The van der Waals surface area contributed by atoms with Crippen LogP contribution in [-0.2, 0) is 25.7 Å². The fraction of sp³-hybridized carbons (Fsp3) is 0.333. The summed E-state index contributed by atoms with van der Waals surface area (Å²) >= 11 is 0. The van der Waals surface area contributed by atoms with Crippen LogP contribution in [-0.4, -0.2) is 42.3 Å². The minimum atomic E-state index is -1.64. The number of carbonyl (C=O) groups excluding carboxylic acids is 2. The Morgan fingerprint density at radius 3 is 2.62 bits per heavy atom. The van der Waals surface area contributed by atoms with Crippen molar-refractivity contribution >= 4 is 11.9 Å². The smallest absolute Gasteiger partial charge is 0.337 e. The topological polar surface area (TPSA) is 84.9 Å². The first kappa shape index (κ1) is 15.2. The Bertz CT molecular complexity index is 556. The average molecular weight is 291 g/mol. The van der Waals surface area contributed by atoms with Crippen LogP contribution in [0.2, 0.25) is 0 Å². The first-order valence-electron chi connectivity index (χ1n) is 6.40. The number of ether oxygens (including phenoxy) is 2. The van der Waals surface area contributed by atoms with Crippen molar-refractivity contribution in [2.24, 2.45) is 0 Å². The Morgan fingerprint density at radius 2 is 2.10 bits per heavy atom. The normalized spacial score (nSPS) is 24.8. The average Bonchev–Trinajstić information content (AvgIpc) is 2.73. The molecule has 0 aromatic heterocycles. The molecular formula is C15H17NO5. The van der Waals surface area contributed by atoms with E-state index in [1.807, 2.05) is 30.3 Å². The number of hydrogen-bond acceptors (Lipinski definition) is 5. The number of nitrogens with one attached hydrogen (secondary N) is 1. The number of carbonyl (C=O) groups is 2. The molecule has 1 aliphatic rings. The quantitative estimate of drug-likeness (QED) is 0.596. The summed E-state index contributed by atoms with van der Waals surface area (Å²) in [6.45, 7) is 3.51. The van der Waals surface area contributed by atoms with E-state index in [0.29, 0.717) is 0 Å². The van der Waals surface area contributed by atoms with Crippen molar-refractivity contribution in [3.8, 4) is 0 Å². The molecule has 2 rings (SSSR count). The summed E-state index contributed by atoms with van der Waals surface area (Å²) in [5, 5.41) is 12.5. The highest BCUT2D eigenvalue weighted by Gasteiger charge is 2.55. The molecule has 0 aliphatic carbocycles. The molecule has 1 aromatic carbocycles. The molecule has 6 heteroatoms. The summed E-state index contributed by atoms with van der Waals surface area (Å²) in [5.74, 6) is -1.36. The second kappa shape index (κ2) is 6.07. The molecule has 1 amide bonds. The third kappa shape index (κ3) is 2.81. The first-order valence-corrected chi connectivity index (χ1v) is 6.40. The molecule has 1 heterocycles. The molecule has 2 atom stereocenters. The van der Waals surface area contributed by atoms with E-state index in [0.717, 1.165) is 5.56 Å². The van der Waals surface area contributed by atoms with Crippen molar-refractivity contribution in [2.45, 2.75) is 18.2 Å². The molecule has 21 heavy (non-hydrogen) atoms. The monoisotopic (exact) mass is 291 g/mol. The van der Waals surface area contributed by atoms with Gasteiger partial charge in [-0.15, -0.1) is 0 Å². The number of hydrogen-bond donors (Lipinski definition) is 2. The minimum Gasteiger partial charge on any atom is -0.467 e. The third-order valence-corrected chi connectivity index (χ3v) is 3.42. The van der Waals surface area contributed by atoms with Crippen LogP contribution in [0.3, 0.4) is 0 Å². The molecule has 1 saturated heterocycles. The number of aliphatic hydroxyl groups excluding tert-OH is 1. The Labute approximate surface area is 122 Å². The highest BCUT2D eigenvalue weighted by atomic mass is 16.5. The number of aliphatic hydroxyl groups is 1. The van der Waals surface area contributed by atoms with Gasteiger partial charge in [0, 0.05) is 5.57 Å². The van der Waals surface area contributed by atoms with Crippen LogP contribution in [0.5, 0.6) is 0 Å². The van der Waals surface area contributed by atoms with Crippen molar-refractivity contribution < 1.29 is 24.2 Å². The number of methoxy groups -OCH3 is 1. The lowest BCUT2D eigenvalue weighted by atomic mass is 9.93. The van der Waals surface area contributed by atoms with Crippen molar-refractivity contribution in [2.75, 3.05) is 13.7 Å². The van der Waals surface area contributed by atoms with E-state index in [9.17, 15) is 14.7 Å². The van der Waals surface area contributed by atoms with Crippen LogP contribution >= 0.6 is 0 Å². The molecular weight excluding hydrogens is 274 g/mol. The standard InChI is InChI=1S/C15H17NO5/c1-10-12(17)15(14(19)20-2,16-13(10)18)9-21-8-11-6-4-3-5-7-11/h3-7,12,17H,1,8-9H2,2H3,(H,16,18)/t12-,15+/m0/s1. The maximum absolute atomic E-state index is 12.0. The Morgan fingerprint density at radius 1 is 1.43 bits per heavy atom. The van der Waals surface area contributed by atoms with E-state index in [1.54, 1.807) is 0 Å². The Hall–Kier alpha value is -2.18. The summed E-state index contributed by atoms with van der Waals surface area (Å²) in [6, 6.07) is 9.34. The van der Waals surface area contributed by atoms with E-state index in [-0.39, 0.29) is 18.8 Å². The fourth-order valence-electron chi connectivity index (χ4n) is 2.20. The van der Waals surface area contributed by atoms with Gasteiger partial charge in [0.15, 0.2) is 5.54 Å². The highest BCUT2D eigenvalue weighted by molar-refractivity contribution is 6.04. The second-order valence-electron chi connectivity index (χ2n) is 4.82. The predicted octanol–water partition coefficient (Wildman–Crippen LogP) is 0.162. The van der Waals surface area contributed by atoms with Gasteiger partial charge in [-0.1, -0.05) is 36.9 Å². The Kier molecular flexibility index (Phi) is 4.40. The fourth-order valence-corrected chi connectivity index (χ4v) is 2.20. The number of rotatable bonds is 5. The first-order chi connectivity index (χ1) is 10.0. The molecule has 0 saturated carbocycles. The van der Waals surface area contributed by atoms with Gasteiger partial charge >= 0.3 is 5.97 Å². The van der Waals surface area contributed by atoms with Crippen LogP contribution in [0.15, 0.2) is 42.5 Å². The molecule has 0 unspecified atom stereocenters. The molecule has 112 valence electrons. The van der Waals surface area contributed by atoms with Gasteiger partial charge in [-0.25, -0.2) is 4.79 Å². The van der Waals surface area contributed by atoms with Crippen LogP contribution in [0.1, 0.15) is 5.56 Å². The third-order valence-electron chi connectivity index (χ3n) is 3.42. The highest BCUT2D eigenvalue weighted by Crippen LogP contribution is 2.26. The summed E-state index contributed by atoms with van der Waals surface area (Å²) < 4.78 is 10.2. The summed E-state index contributed by atoms with van der Waals surface area (Å²) in [5.41, 5.74) is -0.809. The summed E-state index contributed by atoms with van der Waals surface area (Å²) in [7, 11) is 1.18. The molecule has 1 aliphatic heterocycles. The lowest BCUT2D eigenvalue weighted by Gasteiger charge is -2.28. The van der Waals surface area contributed by atoms with Gasteiger partial charge in [-0.2, -0.15) is 0 Å². The Balaban J connectivity index is 2.10. The van der Waals surface area contributed by atoms with Gasteiger partial charge in [0.2, 0.25) is 5.91 Å². The van der Waals surface area contributed by atoms with Crippen molar-refractivity contribution in [1.29, 1.82) is 0 Å². The molecule has 1 aromatic rings. The predicted molar refractivity (Wildman–Crippen MR) is 74.1 cm³/mol. The molecule has 0 radical (unpaired) electrons. The van der Waals surface area contributed by atoms with Gasteiger partial charge in [-0.05, 0) is 5.56 Å². The maximum Gasteiger partial charge on any atom is 0.337 e. The molecule has 0 spiro atoms. The van der Waals surface area contributed by atoms with Crippen molar-refractivity contribution in [3.63, 3.8) is 0 Å². The lowest BCUT2D eigenvalue weighted by molar-refractivity contribution is -0.156. The minimum absolute atomic E-state index is 0.0799. The number of esters is 1. The largest absolute Gasteiger partial charge is 0.467 e. The molecule has 1 fully saturated rings.